The zero-order chi connectivity index (χ0) is 16.0. The normalized spacial score (nSPS) is 33.2. The molecule has 2 aliphatic rings. The maximum atomic E-state index is 12.4. The van der Waals surface area contributed by atoms with Gasteiger partial charge in [0.1, 0.15) is 0 Å². The summed E-state index contributed by atoms with van der Waals surface area (Å²) in [6.45, 7) is 0. The molecule has 22 heavy (non-hydrogen) atoms. The van der Waals surface area contributed by atoms with E-state index in [9.17, 15) is 13.5 Å². The Morgan fingerprint density at radius 1 is 1.18 bits per heavy atom. The van der Waals surface area contributed by atoms with Crippen LogP contribution in [0.25, 0.3) is 0 Å². The monoisotopic (exact) mass is 327 g/mol. The molecule has 3 heterocycles. The lowest BCUT2D eigenvalue weighted by Crippen LogP contribution is -2.50. The molecule has 3 rings (SSSR count). The van der Waals surface area contributed by atoms with E-state index in [4.69, 9.17) is 9.47 Å². The number of sulfone groups is 1. The number of fused-ring (bicyclic) bond motifs is 2. The number of aromatic nitrogens is 1. The van der Waals surface area contributed by atoms with E-state index in [1.807, 2.05) is 0 Å². The highest BCUT2D eigenvalue weighted by atomic mass is 32.2. The van der Waals surface area contributed by atoms with Crippen molar-refractivity contribution in [2.75, 3.05) is 14.2 Å². The van der Waals surface area contributed by atoms with Gasteiger partial charge in [-0.25, -0.2) is 8.42 Å². The number of methoxy groups -OCH3 is 2. The molecular formula is C15H21NO5S. The van der Waals surface area contributed by atoms with E-state index in [1.165, 1.54) is 14.2 Å². The molecule has 0 aromatic carbocycles. The van der Waals surface area contributed by atoms with Crippen LogP contribution in [0.2, 0.25) is 0 Å². The van der Waals surface area contributed by atoms with Crippen LogP contribution in [0.3, 0.4) is 0 Å². The molecule has 0 spiro atoms. The van der Waals surface area contributed by atoms with Crippen LogP contribution >= 0.6 is 0 Å². The smallest absolute Gasteiger partial charge is 0.222 e. The first-order valence-corrected chi connectivity index (χ1v) is 9.06. The van der Waals surface area contributed by atoms with Crippen LogP contribution < -0.4 is 9.47 Å². The maximum Gasteiger partial charge on any atom is 0.222 e. The number of pyridine rings is 1. The summed E-state index contributed by atoms with van der Waals surface area (Å²) in [5, 5.41) is 10.2. The van der Waals surface area contributed by atoms with Crippen LogP contribution in [-0.4, -0.2) is 43.2 Å². The van der Waals surface area contributed by atoms with E-state index >= 15 is 0 Å². The van der Waals surface area contributed by atoms with Gasteiger partial charge in [0.15, 0.2) is 9.84 Å². The van der Waals surface area contributed by atoms with Gasteiger partial charge in [-0.3, -0.25) is 0 Å². The molecule has 0 saturated carbocycles. The molecule has 0 radical (unpaired) electrons. The summed E-state index contributed by atoms with van der Waals surface area (Å²) in [5.74, 6) is 0.687. The quantitative estimate of drug-likeness (QED) is 0.903. The molecule has 1 aromatic rings. The molecule has 1 N–H and O–H groups in total. The molecule has 0 aliphatic carbocycles. The van der Waals surface area contributed by atoms with Crippen LogP contribution in [-0.2, 0) is 15.4 Å². The summed E-state index contributed by atoms with van der Waals surface area (Å²) in [4.78, 5) is 4.21. The summed E-state index contributed by atoms with van der Waals surface area (Å²) < 4.78 is 35.1. The fraction of sp³-hybridized carbons (Fsp3) is 0.667. The van der Waals surface area contributed by atoms with Crippen LogP contribution in [0.4, 0.5) is 0 Å². The third-order valence-electron chi connectivity index (χ3n) is 4.85. The van der Waals surface area contributed by atoms with E-state index in [-0.39, 0.29) is 12.8 Å². The highest BCUT2D eigenvalue weighted by Crippen LogP contribution is 2.48. The van der Waals surface area contributed by atoms with Crippen LogP contribution in [0, 0.1) is 0 Å². The van der Waals surface area contributed by atoms with E-state index in [0.29, 0.717) is 30.2 Å². The Morgan fingerprint density at radius 3 is 2.36 bits per heavy atom. The second-order valence-corrected chi connectivity index (χ2v) is 8.63. The van der Waals surface area contributed by atoms with E-state index in [0.717, 1.165) is 6.42 Å². The van der Waals surface area contributed by atoms with Gasteiger partial charge in [0, 0.05) is 11.6 Å². The molecule has 6 nitrogen and oxygen atoms in total. The van der Waals surface area contributed by atoms with Gasteiger partial charge in [0.2, 0.25) is 11.8 Å². The number of aliphatic hydroxyl groups is 1. The largest absolute Gasteiger partial charge is 0.481 e. The molecule has 7 heteroatoms. The van der Waals surface area contributed by atoms with Crippen molar-refractivity contribution in [3.8, 4) is 11.8 Å². The summed E-state index contributed by atoms with van der Waals surface area (Å²) in [5.41, 5.74) is -0.673. The molecule has 0 amide bonds. The lowest BCUT2D eigenvalue weighted by atomic mass is 9.81. The van der Waals surface area contributed by atoms with Gasteiger partial charge in [-0.15, -0.1) is 0 Å². The van der Waals surface area contributed by atoms with Crippen molar-refractivity contribution in [3.05, 3.63) is 17.7 Å². The van der Waals surface area contributed by atoms with Gasteiger partial charge in [-0.2, -0.15) is 4.98 Å². The second kappa shape index (κ2) is 5.38. The van der Waals surface area contributed by atoms with E-state index < -0.39 is 25.9 Å². The Balaban J connectivity index is 2.01. The third kappa shape index (κ3) is 2.36. The molecule has 122 valence electrons. The Hall–Kier alpha value is -1.34. The zero-order valence-corrected chi connectivity index (χ0v) is 13.6. The molecule has 2 fully saturated rings. The lowest BCUT2D eigenvalue weighted by molar-refractivity contribution is 0.00241. The Bertz CT molecular complexity index is 653. The Morgan fingerprint density at radius 2 is 1.82 bits per heavy atom. The minimum atomic E-state index is -3.12. The van der Waals surface area contributed by atoms with Crippen molar-refractivity contribution in [3.63, 3.8) is 0 Å². The minimum absolute atomic E-state index is 0.205. The second-order valence-electron chi connectivity index (χ2n) is 6.11. The van der Waals surface area contributed by atoms with Gasteiger partial charge >= 0.3 is 0 Å². The Labute approximate surface area is 130 Å². The first-order valence-electron chi connectivity index (χ1n) is 7.45. The number of hydrogen-bond donors (Lipinski definition) is 1. The van der Waals surface area contributed by atoms with Crippen molar-refractivity contribution in [1.29, 1.82) is 0 Å². The standard InChI is InChI=1S/C15H21NO5S/c1-20-13-7-6-12(14(16-13)21-2)15(17)8-10-4-3-5-11(9-15)22(10,18)19/h6-7,10-11,17H,3-5,8-9H2,1-2H3. The first-order chi connectivity index (χ1) is 10.4. The molecular weight excluding hydrogens is 306 g/mol. The predicted octanol–water partition coefficient (Wildman–Crippen LogP) is 1.42. The summed E-state index contributed by atoms with van der Waals surface area (Å²) in [6.07, 6.45) is 2.55. The van der Waals surface area contributed by atoms with Crippen LogP contribution in [0.5, 0.6) is 11.8 Å². The minimum Gasteiger partial charge on any atom is -0.481 e. The fourth-order valence-corrected chi connectivity index (χ4v) is 6.26. The van der Waals surface area contributed by atoms with Gasteiger partial charge < -0.3 is 14.6 Å². The van der Waals surface area contributed by atoms with Gasteiger partial charge in [0.05, 0.1) is 30.3 Å². The summed E-state index contributed by atoms with van der Waals surface area (Å²) in [7, 11) is -0.134. The Kier molecular flexibility index (Phi) is 3.81. The summed E-state index contributed by atoms with van der Waals surface area (Å²) in [6, 6.07) is 3.38. The highest BCUT2D eigenvalue weighted by molar-refractivity contribution is 7.92. The van der Waals surface area contributed by atoms with Crippen molar-refractivity contribution in [2.24, 2.45) is 0 Å². The molecule has 1 aromatic heterocycles. The number of rotatable bonds is 3. The van der Waals surface area contributed by atoms with Gasteiger partial charge in [-0.05, 0) is 31.7 Å². The van der Waals surface area contributed by atoms with E-state index in [1.54, 1.807) is 12.1 Å². The number of hydrogen-bond acceptors (Lipinski definition) is 6. The van der Waals surface area contributed by atoms with Crippen molar-refractivity contribution < 1.29 is 23.0 Å². The van der Waals surface area contributed by atoms with Crippen LogP contribution in [0.15, 0.2) is 12.1 Å². The predicted molar refractivity (Wildman–Crippen MR) is 80.8 cm³/mol. The van der Waals surface area contributed by atoms with Gasteiger partial charge in [-0.1, -0.05) is 6.42 Å². The lowest BCUT2D eigenvalue weighted by Gasteiger charge is -2.44. The van der Waals surface area contributed by atoms with Gasteiger partial charge in [0.25, 0.3) is 0 Å². The number of ether oxygens (including phenoxy) is 2. The molecule has 2 bridgehead atoms. The average molecular weight is 327 g/mol. The molecule has 2 unspecified atom stereocenters. The zero-order valence-electron chi connectivity index (χ0n) is 12.8. The molecule has 2 atom stereocenters. The molecule has 2 saturated heterocycles. The van der Waals surface area contributed by atoms with E-state index in [2.05, 4.69) is 4.98 Å². The van der Waals surface area contributed by atoms with Crippen molar-refractivity contribution in [1.82, 2.24) is 4.98 Å². The average Bonchev–Trinajstić information content (AvgIpc) is 2.48. The van der Waals surface area contributed by atoms with Crippen molar-refractivity contribution in [2.45, 2.75) is 48.2 Å². The fourth-order valence-electron chi connectivity index (χ4n) is 3.71. The SMILES string of the molecule is COc1ccc(C2(O)CC3CCCC(C2)S3(=O)=O)c(OC)n1. The third-order valence-corrected chi connectivity index (χ3v) is 7.51. The maximum absolute atomic E-state index is 12.4. The van der Waals surface area contributed by atoms with Crippen molar-refractivity contribution >= 4 is 9.84 Å². The number of nitrogens with zero attached hydrogens (tertiary/aromatic N) is 1. The highest BCUT2D eigenvalue weighted by Gasteiger charge is 2.52. The van der Waals surface area contributed by atoms with Crippen LogP contribution in [0.1, 0.15) is 37.7 Å². The topological polar surface area (TPSA) is 85.7 Å². The first kappa shape index (κ1) is 15.6. The summed E-state index contributed by atoms with van der Waals surface area (Å²) >= 11 is 0. The molecule has 2 aliphatic heterocycles.